The van der Waals surface area contributed by atoms with E-state index in [1.807, 2.05) is 24.3 Å². The van der Waals surface area contributed by atoms with Crippen molar-refractivity contribution >= 4 is 27.6 Å². The first kappa shape index (κ1) is 15.3. The molecular weight excluding hydrogens is 322 g/mol. The lowest BCUT2D eigenvalue weighted by molar-refractivity contribution is -0.148. The van der Waals surface area contributed by atoms with E-state index in [0.29, 0.717) is 12.8 Å². The van der Waals surface area contributed by atoms with Gasteiger partial charge in [0, 0.05) is 17.3 Å². The maximum atomic E-state index is 12.2. The predicted octanol–water partition coefficient (Wildman–Crippen LogP) is 3.36. The van der Waals surface area contributed by atoms with Gasteiger partial charge >= 0.3 is 5.97 Å². The molecule has 0 unspecified atom stereocenters. The molecular formula is C15H20BrNO3. The van der Waals surface area contributed by atoms with Crippen molar-refractivity contribution < 1.29 is 14.3 Å². The van der Waals surface area contributed by atoms with Gasteiger partial charge in [0.05, 0.1) is 13.2 Å². The van der Waals surface area contributed by atoms with Gasteiger partial charge in [-0.25, -0.2) is 4.79 Å². The number of carbonyl (C=O) groups excluding carboxylic acids is 1. The van der Waals surface area contributed by atoms with Crippen LogP contribution in [0, 0.1) is 0 Å². The number of hydrogen-bond donors (Lipinski definition) is 1. The Balaban J connectivity index is 2.16. The predicted molar refractivity (Wildman–Crippen MR) is 81.8 cm³/mol. The number of anilines is 1. The van der Waals surface area contributed by atoms with Crippen LogP contribution in [0.15, 0.2) is 28.7 Å². The molecule has 0 amide bonds. The van der Waals surface area contributed by atoms with Gasteiger partial charge in [0.2, 0.25) is 0 Å². The van der Waals surface area contributed by atoms with E-state index in [1.165, 1.54) is 7.11 Å². The van der Waals surface area contributed by atoms with E-state index in [4.69, 9.17) is 9.47 Å². The molecule has 0 radical (unpaired) electrons. The maximum Gasteiger partial charge on any atom is 0.331 e. The molecule has 0 saturated heterocycles. The Labute approximate surface area is 128 Å². The average molecular weight is 342 g/mol. The van der Waals surface area contributed by atoms with Crippen LogP contribution >= 0.6 is 15.9 Å². The van der Waals surface area contributed by atoms with E-state index in [-0.39, 0.29) is 12.1 Å². The Bertz CT molecular complexity index is 453. The summed E-state index contributed by atoms with van der Waals surface area (Å²) in [5, 5.41) is 3.37. The smallest absolute Gasteiger partial charge is 0.331 e. The van der Waals surface area contributed by atoms with Crippen LogP contribution in [-0.2, 0) is 14.3 Å². The lowest BCUT2D eigenvalue weighted by atomic mass is 9.80. The molecule has 0 aromatic heterocycles. The van der Waals surface area contributed by atoms with Crippen molar-refractivity contribution in [2.45, 2.75) is 37.3 Å². The monoisotopic (exact) mass is 341 g/mol. The van der Waals surface area contributed by atoms with Gasteiger partial charge in [0.25, 0.3) is 0 Å². The summed E-state index contributed by atoms with van der Waals surface area (Å²) in [6.07, 6.45) is 3.38. The van der Waals surface area contributed by atoms with Gasteiger partial charge in [0.1, 0.15) is 5.54 Å². The zero-order chi connectivity index (χ0) is 14.6. The van der Waals surface area contributed by atoms with Crippen molar-refractivity contribution in [3.8, 4) is 0 Å². The first-order valence-electron chi connectivity index (χ1n) is 6.74. The lowest BCUT2D eigenvalue weighted by Gasteiger charge is -2.38. The molecule has 1 aromatic carbocycles. The summed E-state index contributed by atoms with van der Waals surface area (Å²) in [6.45, 7) is 0. The molecule has 5 heteroatoms. The Morgan fingerprint density at radius 1 is 1.25 bits per heavy atom. The molecule has 1 N–H and O–H groups in total. The number of nitrogens with one attached hydrogen (secondary N) is 1. The number of methoxy groups -OCH3 is 2. The summed E-state index contributed by atoms with van der Waals surface area (Å²) in [6, 6.07) is 7.82. The third-order valence-electron chi connectivity index (χ3n) is 3.92. The Morgan fingerprint density at radius 3 is 2.35 bits per heavy atom. The average Bonchev–Trinajstić information content (AvgIpc) is 2.49. The highest BCUT2D eigenvalue weighted by Gasteiger charge is 2.43. The van der Waals surface area contributed by atoms with E-state index in [1.54, 1.807) is 7.11 Å². The molecule has 1 aliphatic carbocycles. The number of ether oxygens (including phenoxy) is 2. The molecule has 0 bridgehead atoms. The highest BCUT2D eigenvalue weighted by atomic mass is 79.9. The summed E-state index contributed by atoms with van der Waals surface area (Å²) in [5.74, 6) is -0.199. The van der Waals surface area contributed by atoms with Crippen molar-refractivity contribution in [3.63, 3.8) is 0 Å². The summed E-state index contributed by atoms with van der Waals surface area (Å²) >= 11 is 3.41. The van der Waals surface area contributed by atoms with Gasteiger partial charge in [-0.05, 0) is 49.9 Å². The number of halogens is 1. The van der Waals surface area contributed by atoms with Crippen LogP contribution in [0.1, 0.15) is 25.7 Å². The van der Waals surface area contributed by atoms with Gasteiger partial charge in [-0.3, -0.25) is 0 Å². The number of benzene rings is 1. The zero-order valence-corrected chi connectivity index (χ0v) is 13.4. The molecule has 1 aliphatic rings. The largest absolute Gasteiger partial charge is 0.467 e. The number of hydrogen-bond acceptors (Lipinski definition) is 4. The summed E-state index contributed by atoms with van der Waals surface area (Å²) in [7, 11) is 3.16. The molecule has 110 valence electrons. The summed E-state index contributed by atoms with van der Waals surface area (Å²) < 4.78 is 11.4. The molecule has 1 saturated carbocycles. The van der Waals surface area contributed by atoms with Gasteiger partial charge in [-0.2, -0.15) is 0 Å². The summed E-state index contributed by atoms with van der Waals surface area (Å²) in [4.78, 5) is 12.2. The van der Waals surface area contributed by atoms with Crippen LogP contribution in [0.2, 0.25) is 0 Å². The normalized spacial score (nSPS) is 26.1. The molecule has 0 atom stereocenters. The standard InChI is InChI=1S/C15H20BrNO3/c1-19-13-7-9-15(10-8-13,14(18)20-2)17-12-5-3-11(16)4-6-12/h3-6,13,17H,7-10H2,1-2H3. The lowest BCUT2D eigenvalue weighted by Crippen LogP contribution is -2.50. The van der Waals surface area contributed by atoms with Crippen molar-refractivity contribution in [1.82, 2.24) is 0 Å². The minimum atomic E-state index is -0.641. The third kappa shape index (κ3) is 3.33. The fraction of sp³-hybridized carbons (Fsp3) is 0.533. The quantitative estimate of drug-likeness (QED) is 0.853. The highest BCUT2D eigenvalue weighted by Crippen LogP contribution is 2.34. The number of rotatable bonds is 4. The van der Waals surface area contributed by atoms with Crippen molar-refractivity contribution in [1.29, 1.82) is 0 Å². The van der Waals surface area contributed by atoms with E-state index < -0.39 is 5.54 Å². The van der Waals surface area contributed by atoms with Crippen LogP contribution in [-0.4, -0.2) is 31.8 Å². The van der Waals surface area contributed by atoms with Crippen molar-refractivity contribution in [2.24, 2.45) is 0 Å². The molecule has 1 fully saturated rings. The van der Waals surface area contributed by atoms with E-state index in [9.17, 15) is 4.79 Å². The van der Waals surface area contributed by atoms with Crippen molar-refractivity contribution in [3.05, 3.63) is 28.7 Å². The number of carbonyl (C=O) groups is 1. The van der Waals surface area contributed by atoms with Crippen LogP contribution in [0.25, 0.3) is 0 Å². The topological polar surface area (TPSA) is 47.6 Å². The van der Waals surface area contributed by atoms with E-state index in [2.05, 4.69) is 21.2 Å². The molecule has 0 aliphatic heterocycles. The Morgan fingerprint density at radius 2 is 1.85 bits per heavy atom. The molecule has 0 heterocycles. The van der Waals surface area contributed by atoms with Gasteiger partial charge in [-0.15, -0.1) is 0 Å². The third-order valence-corrected chi connectivity index (χ3v) is 4.45. The van der Waals surface area contributed by atoms with Gasteiger partial charge in [-0.1, -0.05) is 15.9 Å². The second-order valence-electron chi connectivity index (χ2n) is 5.14. The fourth-order valence-corrected chi connectivity index (χ4v) is 2.97. The van der Waals surface area contributed by atoms with Crippen LogP contribution in [0.3, 0.4) is 0 Å². The zero-order valence-electron chi connectivity index (χ0n) is 11.8. The first-order valence-corrected chi connectivity index (χ1v) is 7.54. The number of esters is 1. The fourth-order valence-electron chi connectivity index (χ4n) is 2.70. The molecule has 0 spiro atoms. The van der Waals surface area contributed by atoms with Gasteiger partial charge < -0.3 is 14.8 Å². The first-order chi connectivity index (χ1) is 9.59. The van der Waals surface area contributed by atoms with Crippen LogP contribution in [0.5, 0.6) is 0 Å². The van der Waals surface area contributed by atoms with Crippen molar-refractivity contribution in [2.75, 3.05) is 19.5 Å². The van der Waals surface area contributed by atoms with Crippen LogP contribution < -0.4 is 5.32 Å². The highest BCUT2D eigenvalue weighted by molar-refractivity contribution is 9.10. The molecule has 2 rings (SSSR count). The minimum Gasteiger partial charge on any atom is -0.467 e. The molecule has 4 nitrogen and oxygen atoms in total. The molecule has 20 heavy (non-hydrogen) atoms. The van der Waals surface area contributed by atoms with E-state index >= 15 is 0 Å². The van der Waals surface area contributed by atoms with Gasteiger partial charge in [0.15, 0.2) is 0 Å². The SMILES string of the molecule is COC(=O)C1(Nc2ccc(Br)cc2)CCC(OC)CC1. The minimum absolute atomic E-state index is 0.199. The van der Waals surface area contributed by atoms with E-state index in [0.717, 1.165) is 23.0 Å². The van der Waals surface area contributed by atoms with Crippen LogP contribution in [0.4, 0.5) is 5.69 Å². The second-order valence-corrected chi connectivity index (χ2v) is 6.06. The molecule has 1 aromatic rings. The Kier molecular flexibility index (Phi) is 5.05. The summed E-state index contributed by atoms with van der Waals surface area (Å²) in [5.41, 5.74) is 0.284. The maximum absolute atomic E-state index is 12.2. The second kappa shape index (κ2) is 6.59. The Hall–Kier alpha value is -1.07.